The number of ether oxygens (including phenoxy) is 2. The van der Waals surface area contributed by atoms with E-state index in [0.29, 0.717) is 30.2 Å². The number of carbonyl (C=O) groups excluding carboxylic acids is 1. The average molecular weight is 356 g/mol. The van der Waals surface area contributed by atoms with Crippen LogP contribution in [-0.4, -0.2) is 39.7 Å². The highest BCUT2D eigenvalue weighted by Crippen LogP contribution is 2.18. The Balaban J connectivity index is 3.04. The molecule has 6 nitrogen and oxygen atoms in total. The molecular formula is C17H28N2O4S. The summed E-state index contributed by atoms with van der Waals surface area (Å²) >= 11 is 0. The molecule has 2 unspecified atom stereocenters. The standard InChI is InChI=1S/C17H28N2O4S/c1-7-12(19-24(21)17(3,4)5)11-14-13(16(20)23-8-2)9-10-15(18-14)22-6/h9-10,12,19H,7-8,11H2,1-6H3. The minimum absolute atomic E-state index is 0.0714. The maximum Gasteiger partial charge on any atom is 0.339 e. The van der Waals surface area contributed by atoms with E-state index in [-0.39, 0.29) is 10.8 Å². The van der Waals surface area contributed by atoms with Crippen LogP contribution in [0.25, 0.3) is 0 Å². The fourth-order valence-electron chi connectivity index (χ4n) is 1.98. The molecule has 0 radical (unpaired) electrons. The fraction of sp³-hybridized carbons (Fsp3) is 0.647. The predicted octanol–water partition coefficient (Wildman–Crippen LogP) is 2.64. The van der Waals surface area contributed by atoms with Crippen LogP contribution in [0.1, 0.15) is 57.1 Å². The molecule has 24 heavy (non-hydrogen) atoms. The quantitative estimate of drug-likeness (QED) is 0.725. The van der Waals surface area contributed by atoms with Gasteiger partial charge in [-0.15, -0.1) is 0 Å². The van der Waals surface area contributed by atoms with Gasteiger partial charge >= 0.3 is 5.97 Å². The van der Waals surface area contributed by atoms with Crippen molar-refractivity contribution >= 4 is 17.0 Å². The van der Waals surface area contributed by atoms with Gasteiger partial charge in [0.2, 0.25) is 5.88 Å². The lowest BCUT2D eigenvalue weighted by atomic mass is 10.0. The predicted molar refractivity (Wildman–Crippen MR) is 95.6 cm³/mol. The molecule has 0 saturated heterocycles. The fourth-order valence-corrected chi connectivity index (χ4v) is 2.88. The van der Waals surface area contributed by atoms with E-state index in [0.717, 1.165) is 6.42 Å². The molecule has 1 heterocycles. The second kappa shape index (κ2) is 9.13. The van der Waals surface area contributed by atoms with Gasteiger partial charge in [-0.1, -0.05) is 6.92 Å². The third-order valence-corrected chi connectivity index (χ3v) is 5.08. The first-order valence-electron chi connectivity index (χ1n) is 8.12. The van der Waals surface area contributed by atoms with Crippen LogP contribution in [0.2, 0.25) is 0 Å². The Bertz CT molecular complexity index is 584. The van der Waals surface area contributed by atoms with Crippen LogP contribution < -0.4 is 9.46 Å². The lowest BCUT2D eigenvalue weighted by Crippen LogP contribution is -2.40. The Morgan fingerprint density at radius 3 is 2.50 bits per heavy atom. The number of pyridine rings is 1. The van der Waals surface area contributed by atoms with Crippen molar-refractivity contribution in [1.82, 2.24) is 9.71 Å². The van der Waals surface area contributed by atoms with Gasteiger partial charge in [0.15, 0.2) is 0 Å². The number of nitrogens with one attached hydrogen (secondary N) is 1. The van der Waals surface area contributed by atoms with Crippen LogP contribution >= 0.6 is 0 Å². The number of methoxy groups -OCH3 is 1. The molecule has 0 aliphatic rings. The van der Waals surface area contributed by atoms with Gasteiger partial charge in [-0.3, -0.25) is 0 Å². The van der Waals surface area contributed by atoms with Crippen LogP contribution in [0, 0.1) is 0 Å². The van der Waals surface area contributed by atoms with Crippen molar-refractivity contribution in [2.45, 2.75) is 58.2 Å². The lowest BCUT2D eigenvalue weighted by Gasteiger charge is -2.24. The minimum Gasteiger partial charge on any atom is -0.481 e. The Morgan fingerprint density at radius 2 is 2.00 bits per heavy atom. The molecule has 0 aromatic carbocycles. The van der Waals surface area contributed by atoms with E-state index in [9.17, 15) is 9.00 Å². The SMILES string of the molecule is CCOC(=O)c1ccc(OC)nc1CC(CC)NS(=O)C(C)(C)C. The van der Waals surface area contributed by atoms with E-state index in [1.165, 1.54) is 7.11 Å². The van der Waals surface area contributed by atoms with Gasteiger partial charge in [0.1, 0.15) is 0 Å². The van der Waals surface area contributed by atoms with Gasteiger partial charge in [-0.25, -0.2) is 18.7 Å². The van der Waals surface area contributed by atoms with Crippen LogP contribution in [0.4, 0.5) is 0 Å². The summed E-state index contributed by atoms with van der Waals surface area (Å²) in [5.41, 5.74) is 0.998. The second-order valence-electron chi connectivity index (χ2n) is 6.38. The zero-order valence-electron chi connectivity index (χ0n) is 15.3. The molecule has 136 valence electrons. The molecule has 1 rings (SSSR count). The maximum absolute atomic E-state index is 12.3. The molecule has 7 heteroatoms. The van der Waals surface area contributed by atoms with Crippen LogP contribution in [0.3, 0.4) is 0 Å². The highest BCUT2D eigenvalue weighted by molar-refractivity contribution is 7.84. The molecule has 1 aromatic heterocycles. The van der Waals surface area contributed by atoms with Crippen LogP contribution in [0.5, 0.6) is 5.88 Å². The molecule has 2 atom stereocenters. The topological polar surface area (TPSA) is 77.5 Å². The van der Waals surface area contributed by atoms with E-state index in [1.807, 2.05) is 27.7 Å². The second-order valence-corrected chi connectivity index (χ2v) is 8.37. The molecule has 0 fully saturated rings. The maximum atomic E-state index is 12.3. The van der Waals surface area contributed by atoms with Crippen LogP contribution in [0.15, 0.2) is 12.1 Å². The molecule has 0 aliphatic heterocycles. The minimum atomic E-state index is -1.19. The number of nitrogens with zero attached hydrogens (tertiary/aromatic N) is 1. The van der Waals surface area contributed by atoms with Crippen LogP contribution in [-0.2, 0) is 22.1 Å². The number of hydrogen-bond donors (Lipinski definition) is 1. The highest BCUT2D eigenvalue weighted by Gasteiger charge is 2.24. The van der Waals surface area contributed by atoms with Gasteiger partial charge in [0.05, 0.1) is 40.7 Å². The number of aromatic nitrogens is 1. The summed E-state index contributed by atoms with van der Waals surface area (Å²) in [7, 11) is 0.334. The summed E-state index contributed by atoms with van der Waals surface area (Å²) in [6.07, 6.45) is 1.21. The monoisotopic (exact) mass is 356 g/mol. The van der Waals surface area contributed by atoms with Crippen molar-refractivity contribution in [3.63, 3.8) is 0 Å². The molecule has 0 saturated carbocycles. The molecule has 0 bridgehead atoms. The number of carbonyl (C=O) groups is 1. The van der Waals surface area contributed by atoms with Crippen molar-refractivity contribution in [2.24, 2.45) is 0 Å². The molecule has 0 spiro atoms. The van der Waals surface area contributed by atoms with E-state index in [1.54, 1.807) is 19.1 Å². The first-order chi connectivity index (χ1) is 11.2. The van der Waals surface area contributed by atoms with Crippen molar-refractivity contribution in [2.75, 3.05) is 13.7 Å². The summed E-state index contributed by atoms with van der Waals surface area (Å²) in [6, 6.07) is 3.22. The molecular weight excluding hydrogens is 328 g/mol. The molecule has 0 amide bonds. The van der Waals surface area contributed by atoms with Crippen molar-refractivity contribution < 1.29 is 18.5 Å². The Morgan fingerprint density at radius 1 is 1.33 bits per heavy atom. The largest absolute Gasteiger partial charge is 0.481 e. The first-order valence-corrected chi connectivity index (χ1v) is 9.26. The third kappa shape index (κ3) is 5.87. The smallest absolute Gasteiger partial charge is 0.339 e. The summed E-state index contributed by atoms with van der Waals surface area (Å²) in [6.45, 7) is 9.80. The van der Waals surface area contributed by atoms with Gasteiger partial charge in [0, 0.05) is 18.5 Å². The van der Waals surface area contributed by atoms with Gasteiger partial charge < -0.3 is 9.47 Å². The lowest BCUT2D eigenvalue weighted by molar-refractivity contribution is 0.0524. The van der Waals surface area contributed by atoms with E-state index >= 15 is 0 Å². The summed E-state index contributed by atoms with van der Waals surface area (Å²) in [5, 5.41) is 0. The summed E-state index contributed by atoms with van der Waals surface area (Å²) in [4.78, 5) is 16.5. The molecule has 0 aliphatic carbocycles. The summed E-state index contributed by atoms with van der Waals surface area (Å²) < 4.78 is 25.3. The highest BCUT2D eigenvalue weighted by atomic mass is 32.2. The Labute approximate surface area is 146 Å². The van der Waals surface area contributed by atoms with Gasteiger partial charge in [-0.05, 0) is 40.2 Å². The normalized spacial score (nSPS) is 14.1. The van der Waals surface area contributed by atoms with Crippen molar-refractivity contribution in [3.05, 3.63) is 23.4 Å². The number of hydrogen-bond acceptors (Lipinski definition) is 5. The first kappa shape index (κ1) is 20.6. The number of rotatable bonds is 8. The molecule has 1 N–H and O–H groups in total. The Kier molecular flexibility index (Phi) is 7.83. The zero-order valence-corrected chi connectivity index (χ0v) is 16.2. The third-order valence-electron chi connectivity index (χ3n) is 3.42. The van der Waals surface area contributed by atoms with E-state index < -0.39 is 17.0 Å². The average Bonchev–Trinajstić information content (AvgIpc) is 2.53. The van der Waals surface area contributed by atoms with Crippen molar-refractivity contribution in [1.29, 1.82) is 0 Å². The number of esters is 1. The Hall–Kier alpha value is -1.47. The summed E-state index contributed by atoms with van der Waals surface area (Å²) in [5.74, 6) is 0.0271. The van der Waals surface area contributed by atoms with Crippen molar-refractivity contribution in [3.8, 4) is 5.88 Å². The van der Waals surface area contributed by atoms with Gasteiger partial charge in [-0.2, -0.15) is 0 Å². The molecule has 1 aromatic rings. The van der Waals surface area contributed by atoms with E-state index in [4.69, 9.17) is 9.47 Å². The van der Waals surface area contributed by atoms with Gasteiger partial charge in [0.25, 0.3) is 0 Å². The zero-order chi connectivity index (χ0) is 18.3. The van der Waals surface area contributed by atoms with E-state index in [2.05, 4.69) is 9.71 Å².